The van der Waals surface area contributed by atoms with Gasteiger partial charge in [0.2, 0.25) is 6.79 Å². The van der Waals surface area contributed by atoms with Crippen molar-refractivity contribution in [1.29, 1.82) is 0 Å². The lowest BCUT2D eigenvalue weighted by Gasteiger charge is -2.14. The number of thiocarbonyl (C=S) groups is 1. The molecule has 0 spiro atoms. The van der Waals surface area contributed by atoms with Crippen LogP contribution in [-0.4, -0.2) is 26.9 Å². The molecule has 122 valence electrons. The molecule has 2 aliphatic rings. The Balaban J connectivity index is 1.48. The molecule has 2 aromatic rings. The summed E-state index contributed by atoms with van der Waals surface area (Å²) in [5, 5.41) is 2.91. The van der Waals surface area contributed by atoms with Crippen LogP contribution in [-0.2, 0) is 17.8 Å². The van der Waals surface area contributed by atoms with E-state index in [1.54, 1.807) is 22.4 Å². The highest BCUT2D eigenvalue weighted by Gasteiger charge is 2.32. The summed E-state index contributed by atoms with van der Waals surface area (Å²) in [6.45, 7) is 0.662. The molecule has 1 fully saturated rings. The number of ether oxygens (including phenoxy) is 2. The van der Waals surface area contributed by atoms with Crippen LogP contribution >= 0.6 is 35.3 Å². The van der Waals surface area contributed by atoms with Gasteiger partial charge < -0.3 is 9.47 Å². The van der Waals surface area contributed by atoms with Gasteiger partial charge >= 0.3 is 0 Å². The molecule has 1 amide bonds. The highest BCUT2D eigenvalue weighted by Crippen LogP contribution is 2.35. The van der Waals surface area contributed by atoms with Crippen LogP contribution in [0.3, 0.4) is 0 Å². The number of thiazole rings is 1. The van der Waals surface area contributed by atoms with Crippen molar-refractivity contribution in [3.63, 3.8) is 0 Å². The molecule has 1 saturated heterocycles. The average Bonchev–Trinajstić information content (AvgIpc) is 3.30. The van der Waals surface area contributed by atoms with E-state index in [9.17, 15) is 4.79 Å². The van der Waals surface area contributed by atoms with Gasteiger partial charge in [0.05, 0.1) is 16.5 Å². The lowest BCUT2D eigenvalue weighted by atomic mass is 10.2. The Morgan fingerprint density at radius 3 is 3.04 bits per heavy atom. The molecule has 1 aromatic heterocycles. The topological polar surface area (TPSA) is 51.7 Å². The summed E-state index contributed by atoms with van der Waals surface area (Å²) in [5.41, 5.74) is 0.955. The minimum Gasteiger partial charge on any atom is -0.454 e. The third kappa shape index (κ3) is 3.04. The molecule has 0 bridgehead atoms. The Hall–Kier alpha value is -1.90. The van der Waals surface area contributed by atoms with E-state index < -0.39 is 0 Å². The predicted molar refractivity (Wildman–Crippen MR) is 97.2 cm³/mol. The number of allylic oxidation sites excluding steroid dienone is 1. The highest BCUT2D eigenvalue weighted by atomic mass is 32.2. The molecule has 5 nitrogen and oxygen atoms in total. The zero-order chi connectivity index (χ0) is 16.5. The first-order chi connectivity index (χ1) is 11.7. The molecule has 0 atom stereocenters. The van der Waals surface area contributed by atoms with E-state index in [-0.39, 0.29) is 12.7 Å². The molecule has 0 unspecified atom stereocenters. The van der Waals surface area contributed by atoms with Gasteiger partial charge in [0.25, 0.3) is 5.91 Å². The van der Waals surface area contributed by atoms with E-state index >= 15 is 0 Å². The summed E-state index contributed by atoms with van der Waals surface area (Å²) in [6.07, 6.45) is 4.31. The number of aromatic nitrogens is 1. The van der Waals surface area contributed by atoms with Crippen molar-refractivity contribution in [1.82, 2.24) is 9.88 Å². The molecule has 3 heterocycles. The molecule has 24 heavy (non-hydrogen) atoms. The molecular formula is C16H12N2O3S3. The van der Waals surface area contributed by atoms with Crippen molar-refractivity contribution in [2.24, 2.45) is 0 Å². The Morgan fingerprint density at radius 1 is 1.33 bits per heavy atom. The monoisotopic (exact) mass is 376 g/mol. The summed E-state index contributed by atoms with van der Waals surface area (Å²) in [5.74, 6) is 1.38. The Bertz CT molecular complexity index is 833. The zero-order valence-corrected chi connectivity index (χ0v) is 14.9. The van der Waals surface area contributed by atoms with E-state index in [0.29, 0.717) is 27.9 Å². The molecule has 0 aliphatic carbocycles. The van der Waals surface area contributed by atoms with Crippen molar-refractivity contribution < 1.29 is 14.3 Å². The lowest BCUT2D eigenvalue weighted by molar-refractivity contribution is -0.122. The number of rotatable bonds is 4. The molecule has 0 radical (unpaired) electrons. The van der Waals surface area contributed by atoms with Gasteiger partial charge in [0.15, 0.2) is 11.5 Å². The fraction of sp³-hybridized carbons (Fsp3) is 0.188. The zero-order valence-electron chi connectivity index (χ0n) is 12.4. The summed E-state index contributed by atoms with van der Waals surface area (Å²) >= 11 is 8.28. The Labute approximate surface area is 152 Å². The van der Waals surface area contributed by atoms with Crippen LogP contribution in [0.1, 0.15) is 10.6 Å². The minimum absolute atomic E-state index is 0.0563. The van der Waals surface area contributed by atoms with Crippen molar-refractivity contribution in [2.75, 3.05) is 6.79 Å². The van der Waals surface area contributed by atoms with E-state index in [2.05, 4.69) is 4.98 Å². The molecule has 2 aliphatic heterocycles. The SMILES string of the molecule is O=C1/C(=C/Cc2nccs2)SC(=S)N1Cc1ccc2c(c1)OCO2. The van der Waals surface area contributed by atoms with E-state index in [4.69, 9.17) is 21.7 Å². The van der Waals surface area contributed by atoms with Crippen LogP contribution in [0.15, 0.2) is 40.8 Å². The number of fused-ring (bicyclic) bond motifs is 1. The largest absolute Gasteiger partial charge is 0.454 e. The smallest absolute Gasteiger partial charge is 0.266 e. The number of hydrogen-bond acceptors (Lipinski definition) is 7. The summed E-state index contributed by atoms with van der Waals surface area (Å²) in [6, 6.07) is 5.67. The second-order valence-electron chi connectivity index (χ2n) is 5.15. The second kappa shape index (κ2) is 6.54. The van der Waals surface area contributed by atoms with Gasteiger partial charge in [-0.1, -0.05) is 36.1 Å². The maximum Gasteiger partial charge on any atom is 0.266 e. The van der Waals surface area contributed by atoms with Gasteiger partial charge in [0.1, 0.15) is 4.32 Å². The molecule has 8 heteroatoms. The molecule has 1 aromatic carbocycles. The normalized spacial score (nSPS) is 18.0. The van der Waals surface area contributed by atoms with Gasteiger partial charge in [-0.05, 0) is 17.7 Å². The highest BCUT2D eigenvalue weighted by molar-refractivity contribution is 8.26. The van der Waals surface area contributed by atoms with E-state index in [0.717, 1.165) is 16.3 Å². The third-order valence-corrected chi connectivity index (χ3v) is 5.83. The molecular weight excluding hydrogens is 364 g/mol. The average molecular weight is 376 g/mol. The van der Waals surface area contributed by atoms with Crippen LogP contribution in [0.5, 0.6) is 11.5 Å². The summed E-state index contributed by atoms with van der Waals surface area (Å²) < 4.78 is 11.3. The van der Waals surface area contributed by atoms with Gasteiger partial charge in [0, 0.05) is 18.0 Å². The summed E-state index contributed by atoms with van der Waals surface area (Å²) in [4.78, 5) is 19.1. The quantitative estimate of drug-likeness (QED) is 0.602. The number of nitrogens with zero attached hydrogens (tertiary/aromatic N) is 2. The summed E-state index contributed by atoms with van der Waals surface area (Å²) in [7, 11) is 0. The number of amides is 1. The van der Waals surface area contributed by atoms with Crippen LogP contribution in [0, 0.1) is 0 Å². The van der Waals surface area contributed by atoms with Crippen molar-refractivity contribution in [2.45, 2.75) is 13.0 Å². The molecule has 0 N–H and O–H groups in total. The van der Waals surface area contributed by atoms with Crippen molar-refractivity contribution in [3.05, 3.63) is 51.3 Å². The second-order valence-corrected chi connectivity index (χ2v) is 7.80. The van der Waals surface area contributed by atoms with E-state index in [1.165, 1.54) is 11.8 Å². The van der Waals surface area contributed by atoms with Crippen LogP contribution < -0.4 is 9.47 Å². The maximum absolute atomic E-state index is 12.6. The van der Waals surface area contributed by atoms with Gasteiger partial charge in [-0.25, -0.2) is 4.98 Å². The first kappa shape index (κ1) is 15.6. The number of carbonyl (C=O) groups excluding carboxylic acids is 1. The van der Waals surface area contributed by atoms with Crippen LogP contribution in [0.4, 0.5) is 0 Å². The van der Waals surface area contributed by atoms with Crippen LogP contribution in [0.25, 0.3) is 0 Å². The lowest BCUT2D eigenvalue weighted by Crippen LogP contribution is -2.27. The first-order valence-corrected chi connectivity index (χ1v) is 9.32. The minimum atomic E-state index is -0.0563. The number of thioether (sulfide) groups is 1. The van der Waals surface area contributed by atoms with Gasteiger partial charge in [-0.15, -0.1) is 11.3 Å². The number of hydrogen-bond donors (Lipinski definition) is 0. The van der Waals surface area contributed by atoms with Crippen molar-refractivity contribution >= 4 is 45.5 Å². The number of benzene rings is 1. The fourth-order valence-electron chi connectivity index (χ4n) is 2.43. The van der Waals surface area contributed by atoms with Crippen LogP contribution in [0.2, 0.25) is 0 Å². The molecule has 4 rings (SSSR count). The standard InChI is InChI=1S/C16H12N2O3S3/c19-15-13(3-4-14-17-5-6-23-14)24-16(22)18(15)8-10-1-2-11-12(7-10)21-9-20-11/h1-3,5-7H,4,8-9H2/b13-3-. The maximum atomic E-state index is 12.6. The van der Waals surface area contributed by atoms with E-state index in [1.807, 2.05) is 29.7 Å². The number of carbonyl (C=O) groups is 1. The third-order valence-electron chi connectivity index (χ3n) is 3.60. The first-order valence-electron chi connectivity index (χ1n) is 7.21. The Kier molecular flexibility index (Phi) is 4.26. The van der Waals surface area contributed by atoms with Crippen molar-refractivity contribution in [3.8, 4) is 11.5 Å². The molecule has 0 saturated carbocycles. The fourth-order valence-corrected chi connectivity index (χ4v) is 4.24. The van der Waals surface area contributed by atoms with Gasteiger partial charge in [-0.3, -0.25) is 9.69 Å². The predicted octanol–water partition coefficient (Wildman–Crippen LogP) is 3.36. The Morgan fingerprint density at radius 2 is 2.21 bits per heavy atom. The van der Waals surface area contributed by atoms with Gasteiger partial charge in [-0.2, -0.15) is 0 Å².